The van der Waals surface area contributed by atoms with Crippen LogP contribution in [0, 0.1) is 0 Å². The summed E-state index contributed by atoms with van der Waals surface area (Å²) in [7, 11) is 1.89. The molecule has 1 saturated heterocycles. The fourth-order valence-electron chi connectivity index (χ4n) is 3.31. The number of rotatable bonds is 4. The van der Waals surface area contributed by atoms with Crippen molar-refractivity contribution in [2.45, 2.75) is 25.6 Å². The van der Waals surface area contributed by atoms with Gasteiger partial charge in [-0.05, 0) is 12.5 Å². The van der Waals surface area contributed by atoms with Crippen LogP contribution in [-0.4, -0.2) is 39.1 Å². The molecule has 3 aromatic rings. The Bertz CT molecular complexity index is 827. The Kier molecular flexibility index (Phi) is 4.38. The van der Waals surface area contributed by atoms with Crippen LogP contribution in [-0.2, 0) is 18.3 Å². The third-order valence-corrected chi connectivity index (χ3v) is 4.57. The first kappa shape index (κ1) is 16.1. The maximum Gasteiger partial charge on any atom is 0.151 e. The quantitative estimate of drug-likeness (QED) is 0.732. The van der Waals surface area contributed by atoms with Crippen molar-refractivity contribution >= 4 is 0 Å². The second kappa shape index (κ2) is 6.82. The van der Waals surface area contributed by atoms with Gasteiger partial charge in [0.1, 0.15) is 5.69 Å². The number of hydrogen-bond donors (Lipinski definition) is 0. The molecule has 3 heterocycles. The fraction of sp³-hybridized carbons (Fsp3) is 0.368. The second-order valence-corrected chi connectivity index (χ2v) is 6.58. The minimum atomic E-state index is 0.209. The Morgan fingerprint density at radius 3 is 2.84 bits per heavy atom. The van der Waals surface area contributed by atoms with Crippen LogP contribution in [0.25, 0.3) is 11.3 Å². The Balaban J connectivity index is 1.54. The molecule has 0 bridgehead atoms. The molecule has 2 atom stereocenters. The molecule has 1 fully saturated rings. The Morgan fingerprint density at radius 1 is 1.24 bits per heavy atom. The van der Waals surface area contributed by atoms with Gasteiger partial charge in [-0.3, -0.25) is 9.58 Å². The van der Waals surface area contributed by atoms with E-state index in [0.717, 1.165) is 23.6 Å². The highest BCUT2D eigenvalue weighted by atomic mass is 16.5. The number of morpholine rings is 1. The summed E-state index contributed by atoms with van der Waals surface area (Å²) >= 11 is 0. The van der Waals surface area contributed by atoms with Gasteiger partial charge in [0.2, 0.25) is 0 Å². The zero-order valence-corrected chi connectivity index (χ0v) is 14.5. The molecule has 6 heteroatoms. The van der Waals surface area contributed by atoms with Crippen LogP contribution >= 0.6 is 0 Å². The fourth-order valence-corrected chi connectivity index (χ4v) is 3.31. The third kappa shape index (κ3) is 3.50. The van der Waals surface area contributed by atoms with Crippen molar-refractivity contribution in [3.8, 4) is 11.3 Å². The summed E-state index contributed by atoms with van der Waals surface area (Å²) in [5, 5.41) is 8.38. The average Bonchev–Trinajstić information content (AvgIpc) is 3.25. The number of hydrogen-bond acceptors (Lipinski definition) is 5. The van der Waals surface area contributed by atoms with E-state index in [1.165, 1.54) is 5.56 Å². The van der Waals surface area contributed by atoms with Crippen LogP contribution in [0.2, 0.25) is 0 Å². The standard InChI is InChI=1S/C19H22N4O2/c1-14-10-23(19(13-24-14)15-6-4-3-5-7-15)12-17-8-18(21-25-17)16-9-20-22(2)11-16/h3-9,11,14,19H,10,12-13H2,1-2H3/t14-,19-/m0/s1. The van der Waals surface area contributed by atoms with Crippen molar-refractivity contribution in [3.05, 3.63) is 60.1 Å². The molecule has 6 nitrogen and oxygen atoms in total. The van der Waals surface area contributed by atoms with Crippen molar-refractivity contribution in [3.63, 3.8) is 0 Å². The maximum atomic E-state index is 5.89. The SMILES string of the molecule is C[C@H]1CN(Cc2cc(-c3cnn(C)c3)no2)[C@H](c2ccccc2)CO1. The van der Waals surface area contributed by atoms with E-state index in [4.69, 9.17) is 9.26 Å². The van der Waals surface area contributed by atoms with Gasteiger partial charge < -0.3 is 9.26 Å². The Hall–Kier alpha value is -2.44. The molecule has 1 aliphatic rings. The molecular formula is C19H22N4O2. The lowest BCUT2D eigenvalue weighted by atomic mass is 10.0. The molecule has 0 aliphatic carbocycles. The number of ether oxygens (including phenoxy) is 1. The topological polar surface area (TPSA) is 56.3 Å². The van der Waals surface area contributed by atoms with Crippen LogP contribution in [0.15, 0.2) is 53.3 Å². The van der Waals surface area contributed by atoms with E-state index in [2.05, 4.69) is 46.3 Å². The van der Waals surface area contributed by atoms with E-state index in [-0.39, 0.29) is 12.1 Å². The lowest BCUT2D eigenvalue weighted by molar-refractivity contribution is -0.0621. The van der Waals surface area contributed by atoms with E-state index < -0.39 is 0 Å². The normalized spacial score (nSPS) is 21.5. The molecule has 0 amide bonds. The van der Waals surface area contributed by atoms with Crippen molar-refractivity contribution in [2.24, 2.45) is 7.05 Å². The lowest BCUT2D eigenvalue weighted by Crippen LogP contribution is -2.43. The molecule has 0 radical (unpaired) electrons. The smallest absolute Gasteiger partial charge is 0.151 e. The van der Waals surface area contributed by atoms with Gasteiger partial charge in [-0.15, -0.1) is 0 Å². The lowest BCUT2D eigenvalue weighted by Gasteiger charge is -2.38. The minimum Gasteiger partial charge on any atom is -0.375 e. The molecule has 1 aromatic carbocycles. The predicted molar refractivity (Wildman–Crippen MR) is 93.7 cm³/mol. The Morgan fingerprint density at radius 2 is 2.08 bits per heavy atom. The largest absolute Gasteiger partial charge is 0.375 e. The van der Waals surface area contributed by atoms with Gasteiger partial charge in [0.15, 0.2) is 5.76 Å². The third-order valence-electron chi connectivity index (χ3n) is 4.57. The van der Waals surface area contributed by atoms with Crippen LogP contribution in [0.4, 0.5) is 0 Å². The van der Waals surface area contributed by atoms with Gasteiger partial charge in [0.05, 0.1) is 31.5 Å². The summed E-state index contributed by atoms with van der Waals surface area (Å²) in [6, 6.07) is 12.7. The Labute approximate surface area is 147 Å². The van der Waals surface area contributed by atoms with Crippen LogP contribution in [0.3, 0.4) is 0 Å². The van der Waals surface area contributed by atoms with Crippen molar-refractivity contribution in [1.29, 1.82) is 0 Å². The van der Waals surface area contributed by atoms with E-state index in [1.54, 1.807) is 10.9 Å². The first-order valence-electron chi connectivity index (χ1n) is 8.54. The highest BCUT2D eigenvalue weighted by Gasteiger charge is 2.29. The van der Waals surface area contributed by atoms with E-state index in [0.29, 0.717) is 13.2 Å². The van der Waals surface area contributed by atoms with E-state index in [1.807, 2.05) is 25.4 Å². The summed E-state index contributed by atoms with van der Waals surface area (Å²) in [5.74, 6) is 0.855. The molecular weight excluding hydrogens is 316 g/mol. The summed E-state index contributed by atoms with van der Waals surface area (Å²) in [5.41, 5.74) is 3.05. The van der Waals surface area contributed by atoms with Gasteiger partial charge in [0, 0.05) is 31.4 Å². The first-order chi connectivity index (χ1) is 12.2. The predicted octanol–water partition coefficient (Wildman–Crippen LogP) is 3.04. The zero-order chi connectivity index (χ0) is 17.2. The van der Waals surface area contributed by atoms with Crippen molar-refractivity contribution in [1.82, 2.24) is 19.8 Å². The van der Waals surface area contributed by atoms with Gasteiger partial charge in [0.25, 0.3) is 0 Å². The molecule has 4 rings (SSSR count). The highest BCUT2D eigenvalue weighted by Crippen LogP contribution is 2.28. The summed E-state index contributed by atoms with van der Waals surface area (Å²) in [6.07, 6.45) is 3.94. The first-order valence-corrected chi connectivity index (χ1v) is 8.54. The van der Waals surface area contributed by atoms with Gasteiger partial charge in [-0.2, -0.15) is 5.10 Å². The zero-order valence-electron chi connectivity index (χ0n) is 14.5. The summed E-state index contributed by atoms with van der Waals surface area (Å²) in [6.45, 7) is 4.37. The van der Waals surface area contributed by atoms with Crippen molar-refractivity contribution in [2.75, 3.05) is 13.2 Å². The number of benzene rings is 1. The monoisotopic (exact) mass is 338 g/mol. The van der Waals surface area contributed by atoms with Gasteiger partial charge >= 0.3 is 0 Å². The van der Waals surface area contributed by atoms with Crippen LogP contribution < -0.4 is 0 Å². The molecule has 0 saturated carbocycles. The van der Waals surface area contributed by atoms with Crippen LogP contribution in [0.5, 0.6) is 0 Å². The minimum absolute atomic E-state index is 0.209. The highest BCUT2D eigenvalue weighted by molar-refractivity contribution is 5.56. The molecule has 130 valence electrons. The molecule has 25 heavy (non-hydrogen) atoms. The molecule has 0 N–H and O–H groups in total. The van der Waals surface area contributed by atoms with E-state index >= 15 is 0 Å². The van der Waals surface area contributed by atoms with E-state index in [9.17, 15) is 0 Å². The molecule has 1 aliphatic heterocycles. The molecule has 0 unspecified atom stereocenters. The van der Waals surface area contributed by atoms with Gasteiger partial charge in [-0.25, -0.2) is 0 Å². The average molecular weight is 338 g/mol. The number of nitrogens with zero attached hydrogens (tertiary/aromatic N) is 4. The van der Waals surface area contributed by atoms with Crippen molar-refractivity contribution < 1.29 is 9.26 Å². The maximum absolute atomic E-state index is 5.89. The summed E-state index contributed by atoms with van der Waals surface area (Å²) in [4.78, 5) is 2.40. The summed E-state index contributed by atoms with van der Waals surface area (Å²) < 4.78 is 13.2. The molecule has 0 spiro atoms. The number of aryl methyl sites for hydroxylation is 1. The van der Waals surface area contributed by atoms with Gasteiger partial charge in [-0.1, -0.05) is 35.5 Å². The number of aromatic nitrogens is 3. The second-order valence-electron chi connectivity index (χ2n) is 6.58. The van der Waals surface area contributed by atoms with Crippen LogP contribution in [0.1, 0.15) is 24.3 Å². The molecule has 2 aromatic heterocycles.